The Balaban J connectivity index is 2.30. The number of halogens is 2. The molecule has 1 aromatic carbocycles. The third-order valence-corrected chi connectivity index (χ3v) is 3.13. The molecule has 1 atom stereocenters. The van der Waals surface area contributed by atoms with E-state index in [4.69, 9.17) is 5.73 Å². The molecule has 0 radical (unpaired) electrons. The molecule has 0 bridgehead atoms. The number of rotatable bonds is 3. The molecule has 0 aliphatic heterocycles. The lowest BCUT2D eigenvalue weighted by Crippen LogP contribution is -2.17. The van der Waals surface area contributed by atoms with Crippen LogP contribution in [0.15, 0.2) is 23.6 Å². The highest BCUT2D eigenvalue weighted by Gasteiger charge is 2.11. The van der Waals surface area contributed by atoms with Crippen molar-refractivity contribution in [3.05, 3.63) is 40.2 Å². The normalized spacial score (nSPS) is 12.7. The van der Waals surface area contributed by atoms with E-state index in [0.717, 1.165) is 11.1 Å². The molecule has 0 amide bonds. The number of aromatic nitrogens is 1. The molecule has 0 saturated heterocycles. The van der Waals surface area contributed by atoms with E-state index in [1.54, 1.807) is 5.38 Å². The molecular weight excluding hydrogens is 242 g/mol. The Hall–Kier alpha value is -1.33. The molecular formula is C12H12F2N2S. The average Bonchev–Trinajstić information content (AvgIpc) is 2.65. The molecule has 5 heteroatoms. The van der Waals surface area contributed by atoms with Gasteiger partial charge in [0.2, 0.25) is 0 Å². The zero-order chi connectivity index (χ0) is 12.4. The summed E-state index contributed by atoms with van der Waals surface area (Å²) in [5, 5.41) is 2.62. The third-order valence-electron chi connectivity index (χ3n) is 2.26. The van der Waals surface area contributed by atoms with Crippen LogP contribution in [-0.2, 0) is 6.42 Å². The average molecular weight is 254 g/mol. The van der Waals surface area contributed by atoms with Crippen molar-refractivity contribution >= 4 is 11.3 Å². The fraction of sp³-hybridized carbons (Fsp3) is 0.250. The van der Waals surface area contributed by atoms with Gasteiger partial charge in [0.05, 0.1) is 10.7 Å². The summed E-state index contributed by atoms with van der Waals surface area (Å²) in [5.74, 6) is -1.18. The Labute approximate surface area is 102 Å². The topological polar surface area (TPSA) is 38.9 Å². The predicted octanol–water partition coefficient (Wildman–Crippen LogP) is 2.98. The zero-order valence-electron chi connectivity index (χ0n) is 9.28. The summed E-state index contributed by atoms with van der Waals surface area (Å²) in [5.41, 5.74) is 6.51. The summed E-state index contributed by atoms with van der Waals surface area (Å²) in [4.78, 5) is 4.29. The van der Waals surface area contributed by atoms with Gasteiger partial charge in [0.1, 0.15) is 11.6 Å². The lowest BCUT2D eigenvalue weighted by molar-refractivity contribution is 0.585. The first-order valence-corrected chi connectivity index (χ1v) is 6.09. The number of benzene rings is 1. The van der Waals surface area contributed by atoms with Crippen molar-refractivity contribution in [1.29, 1.82) is 0 Å². The van der Waals surface area contributed by atoms with E-state index in [0.29, 0.717) is 17.7 Å². The van der Waals surface area contributed by atoms with Gasteiger partial charge in [0.15, 0.2) is 0 Å². The van der Waals surface area contributed by atoms with Gasteiger partial charge >= 0.3 is 0 Å². The maximum atomic E-state index is 13.5. The highest BCUT2D eigenvalue weighted by atomic mass is 32.1. The van der Waals surface area contributed by atoms with Crippen LogP contribution in [0.5, 0.6) is 0 Å². The van der Waals surface area contributed by atoms with E-state index in [1.165, 1.54) is 23.5 Å². The van der Waals surface area contributed by atoms with Gasteiger partial charge in [-0.1, -0.05) is 0 Å². The first-order valence-electron chi connectivity index (χ1n) is 5.21. The molecule has 0 spiro atoms. The number of nitrogens with zero attached hydrogens (tertiary/aromatic N) is 1. The molecule has 0 saturated carbocycles. The van der Waals surface area contributed by atoms with Crippen molar-refractivity contribution in [1.82, 2.24) is 4.98 Å². The fourth-order valence-electron chi connectivity index (χ4n) is 1.50. The minimum absolute atomic E-state index is 0.0204. The van der Waals surface area contributed by atoms with Crippen LogP contribution >= 0.6 is 11.3 Å². The lowest BCUT2D eigenvalue weighted by Gasteiger charge is -2.00. The lowest BCUT2D eigenvalue weighted by atomic mass is 10.1. The third kappa shape index (κ3) is 2.87. The van der Waals surface area contributed by atoms with E-state index < -0.39 is 11.6 Å². The summed E-state index contributed by atoms with van der Waals surface area (Å²) >= 11 is 1.43. The second-order valence-corrected chi connectivity index (χ2v) is 4.87. The number of hydrogen-bond donors (Lipinski definition) is 1. The van der Waals surface area contributed by atoms with Crippen LogP contribution in [0.1, 0.15) is 11.9 Å². The number of hydrogen-bond acceptors (Lipinski definition) is 3. The summed E-state index contributed by atoms with van der Waals surface area (Å²) in [6.07, 6.45) is 0.660. The van der Waals surface area contributed by atoms with Gasteiger partial charge in [0, 0.05) is 29.5 Å². The van der Waals surface area contributed by atoms with Gasteiger partial charge in [0.25, 0.3) is 0 Å². The fourth-order valence-corrected chi connectivity index (χ4v) is 2.44. The molecule has 0 aliphatic carbocycles. The first-order chi connectivity index (χ1) is 8.06. The second-order valence-electron chi connectivity index (χ2n) is 3.93. The van der Waals surface area contributed by atoms with Crippen molar-refractivity contribution in [2.75, 3.05) is 0 Å². The predicted molar refractivity (Wildman–Crippen MR) is 64.8 cm³/mol. The Kier molecular flexibility index (Phi) is 3.49. The number of thiazole rings is 1. The quantitative estimate of drug-likeness (QED) is 0.914. The smallest absolute Gasteiger partial charge is 0.135 e. The molecule has 2 rings (SSSR count). The zero-order valence-corrected chi connectivity index (χ0v) is 10.1. The first kappa shape index (κ1) is 12.1. The molecule has 1 aromatic heterocycles. The molecule has 0 fully saturated rings. The van der Waals surface area contributed by atoms with E-state index in [1.807, 2.05) is 6.92 Å². The summed E-state index contributed by atoms with van der Waals surface area (Å²) in [6.45, 7) is 1.89. The van der Waals surface area contributed by atoms with Crippen molar-refractivity contribution < 1.29 is 8.78 Å². The van der Waals surface area contributed by atoms with Crippen molar-refractivity contribution in [2.45, 2.75) is 19.4 Å². The van der Waals surface area contributed by atoms with Crippen LogP contribution < -0.4 is 5.73 Å². The minimum Gasteiger partial charge on any atom is -0.328 e. The molecule has 17 heavy (non-hydrogen) atoms. The molecule has 2 N–H and O–H groups in total. The maximum absolute atomic E-state index is 13.5. The second kappa shape index (κ2) is 4.89. The molecule has 0 aliphatic rings. The van der Waals surface area contributed by atoms with Crippen LogP contribution in [0.25, 0.3) is 11.3 Å². The molecule has 2 nitrogen and oxygen atoms in total. The van der Waals surface area contributed by atoms with E-state index in [-0.39, 0.29) is 6.04 Å². The van der Waals surface area contributed by atoms with Gasteiger partial charge in [-0.3, -0.25) is 0 Å². The highest BCUT2D eigenvalue weighted by molar-refractivity contribution is 7.09. The minimum atomic E-state index is -0.595. The van der Waals surface area contributed by atoms with Gasteiger partial charge in [-0.25, -0.2) is 13.8 Å². The van der Waals surface area contributed by atoms with Crippen molar-refractivity contribution in [3.63, 3.8) is 0 Å². The Morgan fingerprint density at radius 2 is 2.18 bits per heavy atom. The molecule has 2 aromatic rings. The number of nitrogens with two attached hydrogens (primary N) is 1. The van der Waals surface area contributed by atoms with Gasteiger partial charge in [-0.2, -0.15) is 0 Å². The maximum Gasteiger partial charge on any atom is 0.135 e. The molecule has 1 heterocycles. The van der Waals surface area contributed by atoms with Gasteiger partial charge in [-0.05, 0) is 19.1 Å². The van der Waals surface area contributed by atoms with E-state index in [2.05, 4.69) is 4.98 Å². The van der Waals surface area contributed by atoms with Crippen molar-refractivity contribution in [2.24, 2.45) is 5.73 Å². The standard InChI is InChI=1S/C12H12F2N2S/c1-7(15)4-12-16-11(6-17-12)9-3-2-8(13)5-10(9)14/h2-3,5-7H,4,15H2,1H3. The van der Waals surface area contributed by atoms with E-state index >= 15 is 0 Å². The van der Waals surface area contributed by atoms with Gasteiger partial charge < -0.3 is 5.73 Å². The van der Waals surface area contributed by atoms with E-state index in [9.17, 15) is 8.78 Å². The van der Waals surface area contributed by atoms with Crippen LogP contribution in [0, 0.1) is 11.6 Å². The molecule has 1 unspecified atom stereocenters. The van der Waals surface area contributed by atoms with Crippen LogP contribution in [0.4, 0.5) is 8.78 Å². The van der Waals surface area contributed by atoms with Crippen LogP contribution in [0.2, 0.25) is 0 Å². The SMILES string of the molecule is CC(N)Cc1nc(-c2ccc(F)cc2F)cs1. The highest BCUT2D eigenvalue weighted by Crippen LogP contribution is 2.25. The van der Waals surface area contributed by atoms with Crippen LogP contribution in [-0.4, -0.2) is 11.0 Å². The Morgan fingerprint density at radius 3 is 2.82 bits per heavy atom. The molecule has 90 valence electrons. The Bertz CT molecular complexity index is 523. The van der Waals surface area contributed by atoms with Gasteiger partial charge in [-0.15, -0.1) is 11.3 Å². The Morgan fingerprint density at radius 1 is 1.41 bits per heavy atom. The van der Waals surface area contributed by atoms with Crippen molar-refractivity contribution in [3.8, 4) is 11.3 Å². The summed E-state index contributed by atoms with van der Waals surface area (Å²) < 4.78 is 26.3. The summed E-state index contributed by atoms with van der Waals surface area (Å²) in [7, 11) is 0. The van der Waals surface area contributed by atoms with Crippen LogP contribution in [0.3, 0.4) is 0 Å². The largest absolute Gasteiger partial charge is 0.328 e. The summed E-state index contributed by atoms with van der Waals surface area (Å²) in [6, 6.07) is 3.50. The monoisotopic (exact) mass is 254 g/mol.